The summed E-state index contributed by atoms with van der Waals surface area (Å²) in [5, 5.41) is 82.6. The summed E-state index contributed by atoms with van der Waals surface area (Å²) in [5.74, 6) is -0.648. The fraction of sp³-hybridized carbons (Fsp3) is 0.639. The summed E-state index contributed by atoms with van der Waals surface area (Å²) >= 11 is 0. The molecular formula is C36H58O10. The van der Waals surface area contributed by atoms with E-state index in [0.29, 0.717) is 6.42 Å². The Morgan fingerprint density at radius 3 is 1.52 bits per heavy atom. The van der Waals surface area contributed by atoms with E-state index in [9.17, 15) is 45.6 Å². The monoisotopic (exact) mass is 650 g/mol. The van der Waals surface area contributed by atoms with E-state index < -0.39 is 60.9 Å². The first-order valence-electron chi connectivity index (χ1n) is 16.5. The predicted octanol–water partition coefficient (Wildman–Crippen LogP) is 2.94. The van der Waals surface area contributed by atoms with Gasteiger partial charge in [-0.05, 0) is 50.9 Å². The summed E-state index contributed by atoms with van der Waals surface area (Å²) in [6.45, 7) is 5.87. The van der Waals surface area contributed by atoms with Crippen molar-refractivity contribution in [2.24, 2.45) is 11.8 Å². The molecule has 11 unspecified atom stereocenters. The second kappa shape index (κ2) is 23.8. The van der Waals surface area contributed by atoms with Crippen LogP contribution in [0.4, 0.5) is 0 Å². The molecule has 1 rings (SSSR count). The molecule has 0 bridgehead atoms. The highest BCUT2D eigenvalue weighted by atomic mass is 16.5. The summed E-state index contributed by atoms with van der Waals surface area (Å²) in [6.07, 6.45) is 12.3. The molecule has 0 aliphatic carbocycles. The Balaban J connectivity index is 2.97. The highest BCUT2D eigenvalue weighted by Gasteiger charge is 2.26. The van der Waals surface area contributed by atoms with E-state index in [1.165, 1.54) is 12.2 Å². The van der Waals surface area contributed by atoms with E-state index in [1.54, 1.807) is 60.8 Å². The Morgan fingerprint density at radius 2 is 1.04 bits per heavy atom. The van der Waals surface area contributed by atoms with Crippen molar-refractivity contribution in [1.82, 2.24) is 0 Å². The molecule has 0 spiro atoms. The lowest BCUT2D eigenvalue weighted by molar-refractivity contribution is -0.147. The second-order valence-corrected chi connectivity index (χ2v) is 12.5. The van der Waals surface area contributed by atoms with Crippen molar-refractivity contribution < 1.29 is 50.4 Å². The van der Waals surface area contributed by atoms with Crippen LogP contribution in [-0.2, 0) is 9.53 Å². The smallest absolute Gasteiger partial charge is 0.331 e. The van der Waals surface area contributed by atoms with Gasteiger partial charge in [-0.2, -0.15) is 0 Å². The summed E-state index contributed by atoms with van der Waals surface area (Å²) in [7, 11) is 0. The molecule has 262 valence electrons. The highest BCUT2D eigenvalue weighted by molar-refractivity contribution is 5.82. The molecule has 11 atom stereocenters. The van der Waals surface area contributed by atoms with Gasteiger partial charge < -0.3 is 45.6 Å². The molecule has 0 saturated carbocycles. The number of esters is 1. The van der Waals surface area contributed by atoms with Gasteiger partial charge in [0.2, 0.25) is 0 Å². The van der Waals surface area contributed by atoms with Crippen molar-refractivity contribution >= 4 is 5.97 Å². The van der Waals surface area contributed by atoms with Gasteiger partial charge in [0.25, 0.3) is 0 Å². The van der Waals surface area contributed by atoms with Crippen molar-refractivity contribution in [3.8, 4) is 0 Å². The van der Waals surface area contributed by atoms with E-state index in [0.717, 1.165) is 6.42 Å². The quantitative estimate of drug-likeness (QED) is 0.163. The van der Waals surface area contributed by atoms with Crippen LogP contribution in [0.25, 0.3) is 0 Å². The average molecular weight is 651 g/mol. The van der Waals surface area contributed by atoms with Crippen molar-refractivity contribution in [2.45, 2.75) is 133 Å². The molecular weight excluding hydrogens is 592 g/mol. The molecule has 0 aromatic carbocycles. The zero-order valence-corrected chi connectivity index (χ0v) is 27.5. The van der Waals surface area contributed by atoms with Crippen molar-refractivity contribution in [3.05, 3.63) is 72.9 Å². The Morgan fingerprint density at radius 1 is 0.630 bits per heavy atom. The Labute approximate surface area is 274 Å². The molecule has 8 N–H and O–H groups in total. The number of rotatable bonds is 2. The first-order chi connectivity index (χ1) is 21.8. The standard InChI is InChI=1S/C36H58O10/c1-4-25(2)36-26(3)16-17-28(38)19-30(40)21-32(42)23-34(44)24-33(43)22-31(41)20-29(39)18-27(37)14-12-10-8-6-5-7-9-11-13-15-35(45)46-36/h5-13,15-17,25-34,36-44H,4,14,18-24H2,1-3H3/b7-5+,8-6+,11-9+,12-10+,15-13?,17-16+. The predicted molar refractivity (Wildman–Crippen MR) is 178 cm³/mol. The molecule has 0 saturated heterocycles. The average Bonchev–Trinajstić information content (AvgIpc) is 2.95. The first-order valence-corrected chi connectivity index (χ1v) is 16.5. The third kappa shape index (κ3) is 20.0. The summed E-state index contributed by atoms with van der Waals surface area (Å²) in [5.41, 5.74) is 0. The van der Waals surface area contributed by atoms with Gasteiger partial charge in [0.1, 0.15) is 6.10 Å². The number of carbonyl (C=O) groups is 1. The number of allylic oxidation sites excluding steroid dienone is 8. The third-order valence-electron chi connectivity index (χ3n) is 7.94. The number of aliphatic hydroxyl groups excluding tert-OH is 8. The number of carbonyl (C=O) groups excluding carboxylic acids is 1. The van der Waals surface area contributed by atoms with Gasteiger partial charge in [0, 0.05) is 18.4 Å². The molecule has 0 aromatic rings. The summed E-state index contributed by atoms with van der Waals surface area (Å²) < 4.78 is 5.73. The number of hydrogen-bond acceptors (Lipinski definition) is 10. The first kappa shape index (κ1) is 41.6. The van der Waals surface area contributed by atoms with Crippen LogP contribution < -0.4 is 0 Å². The number of aliphatic hydroxyl groups is 8. The van der Waals surface area contributed by atoms with E-state index in [2.05, 4.69) is 0 Å². The molecule has 1 heterocycles. The lowest BCUT2D eigenvalue weighted by Crippen LogP contribution is -2.30. The van der Waals surface area contributed by atoms with Gasteiger partial charge >= 0.3 is 5.97 Å². The maximum Gasteiger partial charge on any atom is 0.331 e. The van der Waals surface area contributed by atoms with Crippen molar-refractivity contribution in [2.75, 3.05) is 0 Å². The van der Waals surface area contributed by atoms with Crippen molar-refractivity contribution in [1.29, 1.82) is 0 Å². The van der Waals surface area contributed by atoms with Gasteiger partial charge in [-0.25, -0.2) is 4.79 Å². The SMILES string of the molecule is CCC(C)C1OC(=O)C=C/C=C/C=C/C=C/C=C/CC(O)CC(O)CC(O)CC(O)CC(O)CC(O)CC(O)CC(O)/C=C/C1C. The summed E-state index contributed by atoms with van der Waals surface area (Å²) in [6, 6.07) is 0. The molecule has 0 amide bonds. The molecule has 0 radical (unpaired) electrons. The highest BCUT2D eigenvalue weighted by Crippen LogP contribution is 2.22. The van der Waals surface area contributed by atoms with Gasteiger partial charge in [-0.1, -0.05) is 94.0 Å². The normalized spacial score (nSPS) is 38.6. The fourth-order valence-electron chi connectivity index (χ4n) is 5.31. The van der Waals surface area contributed by atoms with Gasteiger partial charge in [0.05, 0.1) is 48.8 Å². The summed E-state index contributed by atoms with van der Waals surface area (Å²) in [4.78, 5) is 12.5. The van der Waals surface area contributed by atoms with Crippen LogP contribution in [0.2, 0.25) is 0 Å². The van der Waals surface area contributed by atoms with Crippen LogP contribution in [-0.4, -0.2) is 102 Å². The molecule has 0 fully saturated rings. The van der Waals surface area contributed by atoms with Crippen LogP contribution in [0.3, 0.4) is 0 Å². The number of cyclic esters (lactones) is 1. The Bertz CT molecular complexity index is 1000. The minimum atomic E-state index is -1.10. The van der Waals surface area contributed by atoms with E-state index in [4.69, 9.17) is 4.74 Å². The van der Waals surface area contributed by atoms with Gasteiger partial charge in [-0.15, -0.1) is 0 Å². The fourth-order valence-corrected chi connectivity index (χ4v) is 5.31. The molecule has 0 aromatic heterocycles. The number of hydrogen-bond donors (Lipinski definition) is 8. The van der Waals surface area contributed by atoms with Crippen LogP contribution in [0.15, 0.2) is 72.9 Å². The van der Waals surface area contributed by atoms with E-state index in [-0.39, 0.29) is 56.8 Å². The largest absolute Gasteiger partial charge is 0.458 e. The van der Waals surface area contributed by atoms with E-state index in [1.807, 2.05) is 20.8 Å². The van der Waals surface area contributed by atoms with Crippen LogP contribution in [0.1, 0.15) is 78.6 Å². The minimum absolute atomic E-state index is 0.0475. The molecule has 46 heavy (non-hydrogen) atoms. The molecule has 1 aliphatic rings. The Hall–Kier alpha value is -2.41. The topological polar surface area (TPSA) is 188 Å². The molecule has 10 heteroatoms. The third-order valence-corrected chi connectivity index (χ3v) is 7.94. The second-order valence-electron chi connectivity index (χ2n) is 12.5. The van der Waals surface area contributed by atoms with Crippen LogP contribution in [0.5, 0.6) is 0 Å². The number of ether oxygens (including phenoxy) is 1. The maximum absolute atomic E-state index is 12.5. The van der Waals surface area contributed by atoms with Gasteiger partial charge in [-0.3, -0.25) is 0 Å². The van der Waals surface area contributed by atoms with E-state index >= 15 is 0 Å². The minimum Gasteiger partial charge on any atom is -0.458 e. The Kier molecular flexibility index (Phi) is 21.6. The lowest BCUT2D eigenvalue weighted by atomic mass is 9.90. The maximum atomic E-state index is 12.5. The lowest BCUT2D eigenvalue weighted by Gasteiger charge is -2.27. The van der Waals surface area contributed by atoms with Gasteiger partial charge in [0.15, 0.2) is 0 Å². The van der Waals surface area contributed by atoms with Crippen LogP contribution >= 0.6 is 0 Å². The zero-order valence-electron chi connectivity index (χ0n) is 27.5. The van der Waals surface area contributed by atoms with Crippen molar-refractivity contribution in [3.63, 3.8) is 0 Å². The zero-order chi connectivity index (χ0) is 34.5. The van der Waals surface area contributed by atoms with Crippen LogP contribution in [0, 0.1) is 11.8 Å². The molecule has 10 nitrogen and oxygen atoms in total. The molecule has 1 aliphatic heterocycles.